The Bertz CT molecular complexity index is 1010. The van der Waals surface area contributed by atoms with Crippen LogP contribution >= 0.6 is 0 Å². The largest absolute Gasteiger partial charge is 0.350 e. The van der Waals surface area contributed by atoms with E-state index in [9.17, 15) is 13.6 Å². The lowest BCUT2D eigenvalue weighted by Crippen LogP contribution is -2.29. The van der Waals surface area contributed by atoms with E-state index in [4.69, 9.17) is 0 Å². The topological polar surface area (TPSA) is 46.9 Å². The first-order valence-corrected chi connectivity index (χ1v) is 9.73. The fourth-order valence-corrected chi connectivity index (χ4v) is 3.71. The molecule has 0 aliphatic heterocycles. The van der Waals surface area contributed by atoms with E-state index in [1.54, 1.807) is 12.3 Å². The predicted molar refractivity (Wildman–Crippen MR) is 109 cm³/mol. The molecule has 4 nitrogen and oxygen atoms in total. The minimum Gasteiger partial charge on any atom is -0.350 e. The third-order valence-electron chi connectivity index (χ3n) is 5.21. The third kappa shape index (κ3) is 4.53. The van der Waals surface area contributed by atoms with Gasteiger partial charge in [0.05, 0.1) is 0 Å². The second kappa shape index (κ2) is 8.99. The summed E-state index contributed by atoms with van der Waals surface area (Å²) in [5, 5.41) is 2.97. The highest BCUT2D eigenvalue weighted by Gasteiger charge is 2.22. The van der Waals surface area contributed by atoms with Crippen molar-refractivity contribution in [3.63, 3.8) is 0 Å². The first-order valence-electron chi connectivity index (χ1n) is 9.73. The van der Waals surface area contributed by atoms with Crippen LogP contribution in [0.4, 0.5) is 8.78 Å². The molecule has 1 aromatic carbocycles. The van der Waals surface area contributed by atoms with Gasteiger partial charge < -0.3 is 9.88 Å². The number of hydrogen-bond donors (Lipinski definition) is 1. The number of nitrogens with zero attached hydrogens (tertiary/aromatic N) is 2. The predicted octanol–water partition coefficient (Wildman–Crippen LogP) is 4.36. The van der Waals surface area contributed by atoms with E-state index < -0.39 is 11.6 Å². The van der Waals surface area contributed by atoms with E-state index in [0.717, 1.165) is 35.0 Å². The van der Waals surface area contributed by atoms with Crippen molar-refractivity contribution >= 4 is 5.91 Å². The number of amides is 1. The average Bonchev–Trinajstić information content (AvgIpc) is 2.94. The van der Waals surface area contributed by atoms with Gasteiger partial charge in [0.15, 0.2) is 11.6 Å². The number of halogens is 2. The van der Waals surface area contributed by atoms with Gasteiger partial charge in [-0.25, -0.2) is 8.78 Å². The summed E-state index contributed by atoms with van der Waals surface area (Å²) in [5.41, 5.74) is 5.06. The summed E-state index contributed by atoms with van der Waals surface area (Å²) in [4.78, 5) is 17.2. The Morgan fingerprint density at radius 2 is 1.93 bits per heavy atom. The number of nitrogens with one attached hydrogen (secondary N) is 1. The molecule has 0 atom stereocenters. The van der Waals surface area contributed by atoms with Crippen LogP contribution in [0, 0.1) is 25.5 Å². The summed E-state index contributed by atoms with van der Waals surface area (Å²) >= 11 is 0. The van der Waals surface area contributed by atoms with Crippen molar-refractivity contribution in [1.29, 1.82) is 0 Å². The summed E-state index contributed by atoms with van der Waals surface area (Å²) in [6, 6.07) is 9.52. The van der Waals surface area contributed by atoms with Crippen LogP contribution in [-0.4, -0.2) is 22.0 Å². The maximum atomic E-state index is 13.7. The van der Waals surface area contributed by atoms with Crippen LogP contribution in [0.5, 0.6) is 0 Å². The summed E-state index contributed by atoms with van der Waals surface area (Å²) in [7, 11) is 0. The zero-order chi connectivity index (χ0) is 21.0. The molecule has 0 fully saturated rings. The molecule has 2 aromatic heterocycles. The molecular weight excluding hydrogens is 372 g/mol. The van der Waals surface area contributed by atoms with Crippen molar-refractivity contribution in [3.8, 4) is 0 Å². The molecule has 3 rings (SSSR count). The van der Waals surface area contributed by atoms with E-state index in [-0.39, 0.29) is 5.91 Å². The molecule has 0 saturated carbocycles. The maximum Gasteiger partial charge on any atom is 0.268 e. The van der Waals surface area contributed by atoms with E-state index in [0.29, 0.717) is 30.8 Å². The normalized spacial score (nSPS) is 10.9. The molecule has 0 radical (unpaired) electrons. The Hall–Kier alpha value is -3.02. The van der Waals surface area contributed by atoms with Gasteiger partial charge >= 0.3 is 0 Å². The Morgan fingerprint density at radius 3 is 2.59 bits per heavy atom. The fourth-order valence-electron chi connectivity index (χ4n) is 3.71. The molecule has 0 spiro atoms. The number of rotatable bonds is 7. The SMILES string of the molecule is CCc1c(C)c(C(=O)NCCc2ccccn2)n(Cc2ccc(F)c(F)c2)c1C. The third-order valence-corrected chi connectivity index (χ3v) is 5.21. The summed E-state index contributed by atoms with van der Waals surface area (Å²) in [6.45, 7) is 6.69. The molecule has 29 heavy (non-hydrogen) atoms. The van der Waals surface area contributed by atoms with E-state index in [2.05, 4.69) is 10.3 Å². The zero-order valence-corrected chi connectivity index (χ0v) is 16.9. The van der Waals surface area contributed by atoms with Crippen molar-refractivity contribution in [3.05, 3.63) is 88.0 Å². The van der Waals surface area contributed by atoms with Gasteiger partial charge in [-0.05, 0) is 61.2 Å². The molecule has 152 valence electrons. The number of aromatic nitrogens is 2. The van der Waals surface area contributed by atoms with Crippen molar-refractivity contribution in [2.24, 2.45) is 0 Å². The zero-order valence-electron chi connectivity index (χ0n) is 16.9. The molecule has 1 N–H and O–H groups in total. The molecule has 1 amide bonds. The highest BCUT2D eigenvalue weighted by molar-refractivity contribution is 5.95. The highest BCUT2D eigenvalue weighted by Crippen LogP contribution is 2.24. The Kier molecular flexibility index (Phi) is 6.42. The lowest BCUT2D eigenvalue weighted by atomic mass is 10.1. The molecule has 0 unspecified atom stereocenters. The summed E-state index contributed by atoms with van der Waals surface area (Å²) in [6.07, 6.45) is 3.15. The molecule has 0 aliphatic carbocycles. The van der Waals surface area contributed by atoms with Crippen LogP contribution in [0.3, 0.4) is 0 Å². The fraction of sp³-hybridized carbons (Fsp3) is 0.304. The van der Waals surface area contributed by atoms with Crippen molar-refractivity contribution in [2.45, 2.75) is 40.2 Å². The van der Waals surface area contributed by atoms with E-state index >= 15 is 0 Å². The number of benzene rings is 1. The summed E-state index contributed by atoms with van der Waals surface area (Å²) in [5.74, 6) is -1.94. The lowest BCUT2D eigenvalue weighted by molar-refractivity contribution is 0.0944. The van der Waals surface area contributed by atoms with Gasteiger partial charge in [0.2, 0.25) is 0 Å². The van der Waals surface area contributed by atoms with Crippen LogP contribution in [0.1, 0.15) is 45.5 Å². The van der Waals surface area contributed by atoms with Crippen molar-refractivity contribution in [2.75, 3.05) is 6.54 Å². The van der Waals surface area contributed by atoms with Crippen LogP contribution < -0.4 is 5.32 Å². The van der Waals surface area contributed by atoms with Crippen LogP contribution in [0.15, 0.2) is 42.6 Å². The second-order valence-electron chi connectivity index (χ2n) is 7.05. The molecule has 3 aromatic rings. The van der Waals surface area contributed by atoms with Crippen LogP contribution in [-0.2, 0) is 19.4 Å². The van der Waals surface area contributed by atoms with Gasteiger partial charge in [-0.1, -0.05) is 19.1 Å². The van der Waals surface area contributed by atoms with Crippen molar-refractivity contribution < 1.29 is 13.6 Å². The van der Waals surface area contributed by atoms with Gasteiger partial charge in [-0.3, -0.25) is 9.78 Å². The molecular formula is C23H25F2N3O. The Labute approximate surface area is 169 Å². The van der Waals surface area contributed by atoms with Gasteiger partial charge in [0.25, 0.3) is 5.91 Å². The number of carbonyl (C=O) groups is 1. The minimum absolute atomic E-state index is 0.177. The lowest BCUT2D eigenvalue weighted by Gasteiger charge is -2.13. The first-order chi connectivity index (χ1) is 13.9. The van der Waals surface area contributed by atoms with Crippen LogP contribution in [0.2, 0.25) is 0 Å². The van der Waals surface area contributed by atoms with Crippen molar-refractivity contribution in [1.82, 2.24) is 14.9 Å². The van der Waals surface area contributed by atoms with Gasteiger partial charge in [0.1, 0.15) is 5.69 Å². The number of hydrogen-bond acceptors (Lipinski definition) is 2. The number of pyridine rings is 1. The van der Waals surface area contributed by atoms with E-state index in [1.165, 1.54) is 6.07 Å². The van der Waals surface area contributed by atoms with Crippen LogP contribution in [0.25, 0.3) is 0 Å². The number of carbonyl (C=O) groups excluding carboxylic acids is 1. The van der Waals surface area contributed by atoms with Gasteiger partial charge in [-0.2, -0.15) is 0 Å². The molecule has 6 heteroatoms. The Balaban J connectivity index is 1.84. The maximum absolute atomic E-state index is 13.7. The van der Waals surface area contributed by atoms with Gasteiger partial charge in [0, 0.05) is 37.1 Å². The molecule has 2 heterocycles. The second-order valence-corrected chi connectivity index (χ2v) is 7.05. The average molecular weight is 397 g/mol. The van der Waals surface area contributed by atoms with Gasteiger partial charge in [-0.15, -0.1) is 0 Å². The standard InChI is InChI=1S/C23H25F2N3O/c1-4-19-15(2)22(23(29)27-12-10-18-7-5-6-11-26-18)28(16(19)3)14-17-8-9-20(24)21(25)13-17/h5-9,11,13H,4,10,12,14H2,1-3H3,(H,27,29). The quantitative estimate of drug-likeness (QED) is 0.644. The minimum atomic E-state index is -0.888. The smallest absolute Gasteiger partial charge is 0.268 e. The Morgan fingerprint density at radius 1 is 1.14 bits per heavy atom. The monoisotopic (exact) mass is 397 g/mol. The highest BCUT2D eigenvalue weighted by atomic mass is 19.2. The summed E-state index contributed by atoms with van der Waals surface area (Å²) < 4.78 is 28.8. The molecule has 0 bridgehead atoms. The molecule has 0 aliphatic rings. The first kappa shape index (κ1) is 20.7. The van der Waals surface area contributed by atoms with E-state index in [1.807, 2.05) is 43.5 Å². The molecule has 0 saturated heterocycles.